The Morgan fingerprint density at radius 2 is 1.67 bits per heavy atom. The number of carbonyl (C=O) groups excluding carboxylic acids is 1. The molecule has 0 aromatic heterocycles. The fourth-order valence-electron chi connectivity index (χ4n) is 1.78. The topological polar surface area (TPSA) is 17.1 Å². The highest BCUT2D eigenvalue weighted by Crippen LogP contribution is 2.09. The predicted octanol–water partition coefficient (Wildman–Crippen LogP) is 3.48. The Morgan fingerprint density at radius 3 is 2.39 bits per heavy atom. The molecule has 0 unspecified atom stereocenters. The van der Waals surface area contributed by atoms with Crippen LogP contribution < -0.4 is 0 Å². The molecule has 0 bridgehead atoms. The van der Waals surface area contributed by atoms with Crippen molar-refractivity contribution >= 4 is 5.78 Å². The Balaban J connectivity index is 2.17. The summed E-state index contributed by atoms with van der Waals surface area (Å²) in [5.41, 5.74) is 2.76. The molecule has 0 fully saturated rings. The van der Waals surface area contributed by atoms with E-state index in [9.17, 15) is 4.79 Å². The van der Waals surface area contributed by atoms with Gasteiger partial charge in [-0.25, -0.2) is 0 Å². The number of rotatable bonds is 2. The van der Waals surface area contributed by atoms with Crippen LogP contribution in [0.25, 0.3) is 0 Å². The molecule has 0 aliphatic rings. The van der Waals surface area contributed by atoms with E-state index in [1.165, 1.54) is 0 Å². The maximum Gasteiger partial charge on any atom is 0.160 e. The van der Waals surface area contributed by atoms with Crippen molar-refractivity contribution in [3.05, 3.63) is 71.3 Å². The summed E-state index contributed by atoms with van der Waals surface area (Å²) in [6, 6.07) is 17.5. The summed E-state index contributed by atoms with van der Waals surface area (Å²) in [5, 5.41) is 0. The van der Waals surface area contributed by atoms with Crippen LogP contribution in [0.4, 0.5) is 0 Å². The van der Waals surface area contributed by atoms with Gasteiger partial charge in [0, 0.05) is 17.5 Å². The minimum atomic E-state index is 0.0899. The van der Waals surface area contributed by atoms with Crippen molar-refractivity contribution in [2.24, 2.45) is 0 Å². The number of Topliss-reactive ketones (excluding diaryl/α,β-unsaturated/α-hetero) is 1. The molecule has 0 aliphatic carbocycles. The van der Waals surface area contributed by atoms with Gasteiger partial charge in [-0.15, -0.1) is 0 Å². The molecule has 1 nitrogen and oxygen atoms in total. The van der Waals surface area contributed by atoms with E-state index in [-0.39, 0.29) is 5.78 Å². The molecule has 0 aliphatic heterocycles. The molecule has 2 rings (SSSR count). The van der Waals surface area contributed by atoms with Crippen molar-refractivity contribution in [2.75, 3.05) is 0 Å². The molecule has 2 aromatic carbocycles. The first-order valence-corrected chi connectivity index (χ1v) is 5.90. The van der Waals surface area contributed by atoms with Gasteiger partial charge in [-0.05, 0) is 24.6 Å². The third kappa shape index (κ3) is 3.09. The van der Waals surface area contributed by atoms with Crippen LogP contribution in [0.15, 0.2) is 54.6 Å². The molecule has 0 amide bonds. The molecular weight excluding hydrogens is 220 g/mol. The van der Waals surface area contributed by atoms with Crippen LogP contribution in [0, 0.1) is 11.8 Å². The van der Waals surface area contributed by atoms with E-state index in [0.29, 0.717) is 6.42 Å². The van der Waals surface area contributed by atoms with Gasteiger partial charge in [0.05, 0.1) is 0 Å². The smallest absolute Gasteiger partial charge is 0.160 e. The van der Waals surface area contributed by atoms with E-state index < -0.39 is 0 Å². The van der Waals surface area contributed by atoms with E-state index >= 15 is 0 Å². The predicted molar refractivity (Wildman–Crippen MR) is 73.5 cm³/mol. The van der Waals surface area contributed by atoms with Gasteiger partial charge < -0.3 is 0 Å². The van der Waals surface area contributed by atoms with E-state index in [2.05, 4.69) is 11.8 Å². The van der Waals surface area contributed by atoms with Crippen LogP contribution in [0.2, 0.25) is 0 Å². The van der Waals surface area contributed by atoms with Gasteiger partial charge >= 0.3 is 0 Å². The fourth-order valence-corrected chi connectivity index (χ4v) is 1.78. The second kappa shape index (κ2) is 5.84. The first kappa shape index (κ1) is 12.1. The lowest BCUT2D eigenvalue weighted by molar-refractivity contribution is 0.101. The van der Waals surface area contributed by atoms with Crippen molar-refractivity contribution in [3.8, 4) is 11.8 Å². The summed E-state index contributed by atoms with van der Waals surface area (Å²) in [6.45, 7) is 1.59. The highest BCUT2D eigenvalue weighted by atomic mass is 16.1. The Bertz CT molecular complexity index is 600. The van der Waals surface area contributed by atoms with Crippen LogP contribution in [-0.2, 0) is 6.42 Å². The highest BCUT2D eigenvalue weighted by Gasteiger charge is 2.03. The first-order valence-electron chi connectivity index (χ1n) is 5.90. The quantitative estimate of drug-likeness (QED) is 0.574. The molecule has 0 N–H and O–H groups in total. The number of hydrogen-bond acceptors (Lipinski definition) is 1. The van der Waals surface area contributed by atoms with Crippen molar-refractivity contribution in [1.29, 1.82) is 0 Å². The van der Waals surface area contributed by atoms with Gasteiger partial charge in [0.2, 0.25) is 0 Å². The van der Waals surface area contributed by atoms with Crippen molar-refractivity contribution in [3.63, 3.8) is 0 Å². The van der Waals surface area contributed by atoms with E-state index in [4.69, 9.17) is 0 Å². The van der Waals surface area contributed by atoms with E-state index in [0.717, 1.165) is 16.7 Å². The molecule has 0 radical (unpaired) electrons. The van der Waals surface area contributed by atoms with Crippen molar-refractivity contribution in [1.82, 2.24) is 0 Å². The van der Waals surface area contributed by atoms with Gasteiger partial charge in [0.25, 0.3) is 0 Å². The molecule has 1 heteroatoms. The highest BCUT2D eigenvalue weighted by molar-refractivity contribution is 5.95. The normalized spacial score (nSPS) is 9.39. The summed E-state index contributed by atoms with van der Waals surface area (Å²) in [6.07, 6.45) is 0.602. The molecule has 2 aromatic rings. The molecule has 0 atom stereocenters. The minimum absolute atomic E-state index is 0.0899. The van der Waals surface area contributed by atoms with Crippen LogP contribution in [0.3, 0.4) is 0 Å². The zero-order valence-corrected chi connectivity index (χ0v) is 10.3. The van der Waals surface area contributed by atoms with Gasteiger partial charge in [-0.1, -0.05) is 54.3 Å². The molecule has 0 saturated heterocycles. The summed E-state index contributed by atoms with van der Waals surface area (Å²) in [5.74, 6) is 6.30. The molecular formula is C17H14O. The van der Waals surface area contributed by atoms with Gasteiger partial charge in [0.15, 0.2) is 5.78 Å². The Labute approximate surface area is 107 Å². The summed E-state index contributed by atoms with van der Waals surface area (Å²) >= 11 is 0. The lowest BCUT2D eigenvalue weighted by Gasteiger charge is -2.01. The minimum Gasteiger partial charge on any atom is -0.295 e. The zero-order valence-electron chi connectivity index (χ0n) is 10.3. The van der Waals surface area contributed by atoms with Gasteiger partial charge in [-0.3, -0.25) is 4.79 Å². The lowest BCUT2D eigenvalue weighted by Crippen LogP contribution is -1.98. The maximum absolute atomic E-state index is 11.5. The average molecular weight is 234 g/mol. The second-order valence-electron chi connectivity index (χ2n) is 4.06. The molecule has 88 valence electrons. The summed E-state index contributed by atoms with van der Waals surface area (Å²) < 4.78 is 0. The average Bonchev–Trinajstić information content (AvgIpc) is 2.40. The molecule has 18 heavy (non-hydrogen) atoms. The van der Waals surface area contributed by atoms with Crippen molar-refractivity contribution < 1.29 is 4.79 Å². The third-order valence-corrected chi connectivity index (χ3v) is 2.68. The van der Waals surface area contributed by atoms with Gasteiger partial charge in [0.1, 0.15) is 0 Å². The standard InChI is InChI=1S/C17H14O/c1-14(18)17-13-6-5-11-16(17)12-7-10-15-8-3-2-4-9-15/h2-6,8-9,11,13H,12H2,1H3. The van der Waals surface area contributed by atoms with Crippen molar-refractivity contribution in [2.45, 2.75) is 13.3 Å². The van der Waals surface area contributed by atoms with Crippen LogP contribution in [0.5, 0.6) is 0 Å². The number of ketones is 1. The molecule has 0 saturated carbocycles. The van der Waals surface area contributed by atoms with E-state index in [1.54, 1.807) is 6.92 Å². The second-order valence-corrected chi connectivity index (χ2v) is 4.06. The molecule has 0 spiro atoms. The van der Waals surface area contributed by atoms with Crippen LogP contribution >= 0.6 is 0 Å². The van der Waals surface area contributed by atoms with Crippen LogP contribution in [-0.4, -0.2) is 5.78 Å². The maximum atomic E-state index is 11.5. The molecule has 0 heterocycles. The van der Waals surface area contributed by atoms with E-state index in [1.807, 2.05) is 54.6 Å². The number of benzene rings is 2. The lowest BCUT2D eigenvalue weighted by atomic mass is 10.0. The number of carbonyl (C=O) groups is 1. The van der Waals surface area contributed by atoms with Gasteiger partial charge in [-0.2, -0.15) is 0 Å². The van der Waals surface area contributed by atoms with Crippen LogP contribution in [0.1, 0.15) is 28.4 Å². The zero-order chi connectivity index (χ0) is 12.8. The summed E-state index contributed by atoms with van der Waals surface area (Å²) in [4.78, 5) is 11.5. The monoisotopic (exact) mass is 234 g/mol. The fraction of sp³-hybridized carbons (Fsp3) is 0.118. The Hall–Kier alpha value is -2.33. The largest absolute Gasteiger partial charge is 0.295 e. The SMILES string of the molecule is CC(=O)c1ccccc1CC#Cc1ccccc1. The first-order chi connectivity index (χ1) is 8.77. The number of hydrogen-bond donors (Lipinski definition) is 0. The Morgan fingerprint density at radius 1 is 1.00 bits per heavy atom. The summed E-state index contributed by atoms with van der Waals surface area (Å²) in [7, 11) is 0. The Kier molecular flexibility index (Phi) is 3.94. The third-order valence-electron chi connectivity index (χ3n) is 2.68.